The van der Waals surface area contributed by atoms with Crippen LogP contribution in [0.4, 0.5) is 13.2 Å². The molecule has 0 aromatic heterocycles. The Hall–Kier alpha value is -0.390. The number of amides is 1. The van der Waals surface area contributed by atoms with Crippen molar-refractivity contribution in [2.45, 2.75) is 18.3 Å². The van der Waals surface area contributed by atoms with Gasteiger partial charge in [0, 0.05) is 12.2 Å². The van der Waals surface area contributed by atoms with Crippen LogP contribution in [-0.4, -0.2) is 17.2 Å². The molecule has 0 unspecified atom stereocenters. The molecular formula is C5H8F3NOS. The highest BCUT2D eigenvalue weighted by atomic mass is 32.2. The second-order valence-electron chi connectivity index (χ2n) is 1.86. The number of primary amides is 1. The van der Waals surface area contributed by atoms with Crippen LogP contribution in [0.2, 0.25) is 0 Å². The number of nitrogens with two attached hydrogens (primary N) is 1. The Balaban J connectivity index is 3.22. The number of hydrogen-bond acceptors (Lipinski definition) is 2. The molecule has 2 N–H and O–H groups in total. The molecule has 0 saturated carbocycles. The molecule has 0 aromatic carbocycles. The summed E-state index contributed by atoms with van der Waals surface area (Å²) < 4.78 is 34.3. The molecule has 0 aliphatic heterocycles. The minimum atomic E-state index is -4.20. The van der Waals surface area contributed by atoms with Gasteiger partial charge in [-0.05, 0) is 6.42 Å². The lowest BCUT2D eigenvalue weighted by Gasteiger charge is -2.03. The molecule has 0 aliphatic carbocycles. The Morgan fingerprint density at radius 3 is 2.36 bits per heavy atom. The van der Waals surface area contributed by atoms with Gasteiger partial charge in [0.15, 0.2) is 0 Å². The van der Waals surface area contributed by atoms with Crippen molar-refractivity contribution in [3.63, 3.8) is 0 Å². The summed E-state index contributed by atoms with van der Waals surface area (Å²) in [6, 6.07) is 0. The number of halogens is 3. The van der Waals surface area contributed by atoms with Crippen molar-refractivity contribution in [1.29, 1.82) is 0 Å². The molecule has 11 heavy (non-hydrogen) atoms. The van der Waals surface area contributed by atoms with Crippen LogP contribution in [0.1, 0.15) is 12.8 Å². The topological polar surface area (TPSA) is 43.1 Å². The van der Waals surface area contributed by atoms with Gasteiger partial charge in [0.25, 0.3) is 0 Å². The van der Waals surface area contributed by atoms with Gasteiger partial charge in [0.2, 0.25) is 5.91 Å². The van der Waals surface area contributed by atoms with E-state index in [0.717, 1.165) is 0 Å². The van der Waals surface area contributed by atoms with E-state index in [0.29, 0.717) is 0 Å². The van der Waals surface area contributed by atoms with Crippen LogP contribution in [0, 0.1) is 0 Å². The highest BCUT2D eigenvalue weighted by Crippen LogP contribution is 2.30. The third kappa shape index (κ3) is 9.61. The molecule has 0 spiro atoms. The van der Waals surface area contributed by atoms with E-state index in [4.69, 9.17) is 5.73 Å². The fourth-order valence-corrected chi connectivity index (χ4v) is 0.954. The maximum atomic E-state index is 11.4. The second kappa shape index (κ2) is 4.48. The van der Waals surface area contributed by atoms with E-state index in [1.54, 1.807) is 0 Å². The zero-order valence-electron chi connectivity index (χ0n) is 5.65. The summed E-state index contributed by atoms with van der Waals surface area (Å²) in [5.74, 6) is -0.667. The number of thioether (sulfide) groups is 1. The fourth-order valence-electron chi connectivity index (χ4n) is 0.434. The van der Waals surface area contributed by atoms with Crippen LogP contribution >= 0.6 is 11.8 Å². The predicted octanol–water partition coefficient (Wildman–Crippen LogP) is 1.50. The van der Waals surface area contributed by atoms with E-state index in [2.05, 4.69) is 0 Å². The smallest absolute Gasteiger partial charge is 0.370 e. The van der Waals surface area contributed by atoms with Gasteiger partial charge in [0.05, 0.1) is 0 Å². The number of carbonyl (C=O) groups is 1. The first-order valence-corrected chi connectivity index (χ1v) is 3.89. The summed E-state index contributed by atoms with van der Waals surface area (Å²) in [6.45, 7) is 0. The summed E-state index contributed by atoms with van der Waals surface area (Å²) in [7, 11) is 0. The molecule has 0 saturated heterocycles. The molecule has 6 heteroatoms. The first-order chi connectivity index (χ1) is 4.92. The van der Waals surface area contributed by atoms with E-state index < -0.39 is 11.4 Å². The van der Waals surface area contributed by atoms with Crippen molar-refractivity contribution in [3.05, 3.63) is 0 Å². The maximum absolute atomic E-state index is 11.4. The lowest BCUT2D eigenvalue weighted by molar-refractivity contribution is -0.118. The lowest BCUT2D eigenvalue weighted by atomic mass is 10.3. The molecule has 1 amide bonds. The molecule has 0 aliphatic rings. The van der Waals surface area contributed by atoms with Crippen LogP contribution in [0.25, 0.3) is 0 Å². The van der Waals surface area contributed by atoms with E-state index in [1.165, 1.54) is 0 Å². The highest BCUT2D eigenvalue weighted by molar-refractivity contribution is 8.00. The van der Waals surface area contributed by atoms with Gasteiger partial charge in [-0.3, -0.25) is 4.79 Å². The molecule has 0 aromatic rings. The molecule has 66 valence electrons. The van der Waals surface area contributed by atoms with Crippen molar-refractivity contribution in [2.24, 2.45) is 5.73 Å². The second-order valence-corrected chi connectivity index (χ2v) is 3.02. The minimum Gasteiger partial charge on any atom is -0.370 e. The molecule has 0 bridgehead atoms. The molecule has 0 rings (SSSR count). The molecular weight excluding hydrogens is 179 g/mol. The zero-order chi connectivity index (χ0) is 8.91. The highest BCUT2D eigenvalue weighted by Gasteiger charge is 2.27. The third-order valence-corrected chi connectivity index (χ3v) is 1.65. The zero-order valence-corrected chi connectivity index (χ0v) is 6.47. The van der Waals surface area contributed by atoms with Crippen molar-refractivity contribution in [1.82, 2.24) is 0 Å². The van der Waals surface area contributed by atoms with E-state index in [-0.39, 0.29) is 30.4 Å². The number of alkyl halides is 3. The first kappa shape index (κ1) is 10.6. The van der Waals surface area contributed by atoms with E-state index in [1.807, 2.05) is 0 Å². The molecule has 0 heterocycles. The Labute approximate surface area is 66.3 Å². The van der Waals surface area contributed by atoms with Crippen LogP contribution < -0.4 is 5.73 Å². The largest absolute Gasteiger partial charge is 0.441 e. The SMILES string of the molecule is NC(=O)CCCSC(F)(F)F. The normalized spacial score (nSPS) is 11.5. The Bertz CT molecular complexity index is 136. The molecule has 0 radical (unpaired) electrons. The van der Waals surface area contributed by atoms with Crippen LogP contribution in [0.15, 0.2) is 0 Å². The van der Waals surface area contributed by atoms with Gasteiger partial charge in [-0.15, -0.1) is 0 Å². The number of rotatable bonds is 4. The van der Waals surface area contributed by atoms with Crippen molar-refractivity contribution < 1.29 is 18.0 Å². The van der Waals surface area contributed by atoms with Gasteiger partial charge < -0.3 is 5.73 Å². The van der Waals surface area contributed by atoms with Gasteiger partial charge >= 0.3 is 5.51 Å². The first-order valence-electron chi connectivity index (χ1n) is 2.91. The standard InChI is InChI=1S/C5H8F3NOS/c6-5(7,8)11-3-1-2-4(9)10/h1-3H2,(H2,9,10). The van der Waals surface area contributed by atoms with Gasteiger partial charge in [-0.25, -0.2) is 0 Å². The van der Waals surface area contributed by atoms with E-state index >= 15 is 0 Å². The Morgan fingerprint density at radius 2 is 2.00 bits per heavy atom. The van der Waals surface area contributed by atoms with Crippen LogP contribution in [0.3, 0.4) is 0 Å². The monoisotopic (exact) mass is 187 g/mol. The summed E-state index contributed by atoms with van der Waals surface area (Å²) in [6.07, 6.45) is 0.197. The molecule has 2 nitrogen and oxygen atoms in total. The minimum absolute atomic E-state index is 0.0169. The number of hydrogen-bond donors (Lipinski definition) is 1. The van der Waals surface area contributed by atoms with Crippen LogP contribution in [0.5, 0.6) is 0 Å². The quantitative estimate of drug-likeness (QED) is 0.678. The van der Waals surface area contributed by atoms with Gasteiger partial charge in [0.1, 0.15) is 0 Å². The Kier molecular flexibility index (Phi) is 4.32. The summed E-state index contributed by atoms with van der Waals surface area (Å²) >= 11 is -0.132. The summed E-state index contributed by atoms with van der Waals surface area (Å²) in [4.78, 5) is 10.1. The summed E-state index contributed by atoms with van der Waals surface area (Å²) in [5.41, 5.74) is 0.516. The third-order valence-electron chi connectivity index (χ3n) is 0.833. The maximum Gasteiger partial charge on any atom is 0.441 e. The van der Waals surface area contributed by atoms with Crippen LogP contribution in [-0.2, 0) is 4.79 Å². The Morgan fingerprint density at radius 1 is 1.45 bits per heavy atom. The van der Waals surface area contributed by atoms with Crippen molar-refractivity contribution in [3.8, 4) is 0 Å². The van der Waals surface area contributed by atoms with Crippen molar-refractivity contribution in [2.75, 3.05) is 5.75 Å². The predicted molar refractivity (Wildman–Crippen MR) is 36.9 cm³/mol. The fraction of sp³-hybridized carbons (Fsp3) is 0.800. The molecule has 0 fully saturated rings. The van der Waals surface area contributed by atoms with E-state index in [9.17, 15) is 18.0 Å². The lowest BCUT2D eigenvalue weighted by Crippen LogP contribution is -2.11. The summed E-state index contributed by atoms with van der Waals surface area (Å²) in [5, 5.41) is 0. The number of carbonyl (C=O) groups excluding carboxylic acids is 1. The van der Waals surface area contributed by atoms with Crippen molar-refractivity contribution >= 4 is 17.7 Å². The van der Waals surface area contributed by atoms with Gasteiger partial charge in [-0.1, -0.05) is 11.8 Å². The average molecular weight is 187 g/mol. The molecule has 0 atom stereocenters. The van der Waals surface area contributed by atoms with Gasteiger partial charge in [-0.2, -0.15) is 13.2 Å². The average Bonchev–Trinajstić information content (AvgIpc) is 1.78.